The first kappa shape index (κ1) is 14.8. The van der Waals surface area contributed by atoms with Gasteiger partial charge in [0.25, 0.3) is 0 Å². The van der Waals surface area contributed by atoms with E-state index in [-0.39, 0.29) is 4.90 Å². The molecule has 1 aromatic carbocycles. The molecule has 4 nitrogen and oxygen atoms in total. The molecule has 0 unspecified atom stereocenters. The summed E-state index contributed by atoms with van der Waals surface area (Å²) in [6.07, 6.45) is 6.22. The molecule has 0 aromatic heterocycles. The molecule has 0 bridgehead atoms. The molecule has 1 aliphatic rings. The lowest BCUT2D eigenvalue weighted by atomic mass is 9.95. The molecule has 0 aliphatic heterocycles. The Balaban J connectivity index is 2.15. The van der Waals surface area contributed by atoms with E-state index >= 15 is 0 Å². The van der Waals surface area contributed by atoms with E-state index in [1.54, 1.807) is 12.1 Å². The van der Waals surface area contributed by atoms with E-state index in [4.69, 9.17) is 0 Å². The van der Waals surface area contributed by atoms with Crippen molar-refractivity contribution < 1.29 is 8.42 Å². The highest BCUT2D eigenvalue weighted by molar-refractivity contribution is 9.10. The highest BCUT2D eigenvalue weighted by Gasteiger charge is 2.16. The fourth-order valence-electron chi connectivity index (χ4n) is 2.36. The summed E-state index contributed by atoms with van der Waals surface area (Å²) in [7, 11) is -1.96. The first-order chi connectivity index (χ1) is 9.03. The maximum absolute atomic E-state index is 11.7. The van der Waals surface area contributed by atoms with Crippen LogP contribution in [-0.4, -0.2) is 21.5 Å². The van der Waals surface area contributed by atoms with E-state index in [0.29, 0.717) is 6.04 Å². The lowest BCUT2D eigenvalue weighted by Gasteiger charge is -2.24. The summed E-state index contributed by atoms with van der Waals surface area (Å²) in [5, 5.41) is 3.48. The fraction of sp³-hybridized carbons (Fsp3) is 0.538. The summed E-state index contributed by atoms with van der Waals surface area (Å²) in [5.74, 6) is 0. The van der Waals surface area contributed by atoms with Crippen LogP contribution in [-0.2, 0) is 10.0 Å². The predicted octanol–water partition coefficient (Wildman–Crippen LogP) is 3.10. The second kappa shape index (κ2) is 6.24. The van der Waals surface area contributed by atoms with E-state index in [1.165, 1.54) is 39.2 Å². The van der Waals surface area contributed by atoms with Crippen LogP contribution in [0.2, 0.25) is 0 Å². The topological polar surface area (TPSA) is 58.2 Å². The third-order valence-corrected chi connectivity index (χ3v) is 5.55. The molecule has 0 radical (unpaired) electrons. The van der Waals surface area contributed by atoms with Gasteiger partial charge in [-0.2, -0.15) is 0 Å². The lowest BCUT2D eigenvalue weighted by molar-refractivity contribution is 0.462. The second-order valence-electron chi connectivity index (χ2n) is 4.83. The molecule has 1 saturated carbocycles. The zero-order chi connectivity index (χ0) is 13.9. The minimum absolute atomic E-state index is 0.274. The molecule has 1 aromatic rings. The number of sulfonamides is 1. The van der Waals surface area contributed by atoms with Crippen molar-refractivity contribution in [1.82, 2.24) is 4.72 Å². The first-order valence-electron chi connectivity index (χ1n) is 6.52. The van der Waals surface area contributed by atoms with Crippen molar-refractivity contribution in [3.8, 4) is 0 Å². The maximum atomic E-state index is 11.7. The van der Waals surface area contributed by atoms with Crippen LogP contribution in [0, 0.1) is 0 Å². The standard InChI is InChI=1S/C13H19BrN2O2S/c1-15-19(17,18)11-7-8-13(12(14)9-11)16-10-5-3-2-4-6-10/h7-10,15-16H,2-6H2,1H3. The van der Waals surface area contributed by atoms with Crippen molar-refractivity contribution in [2.45, 2.75) is 43.0 Å². The van der Waals surface area contributed by atoms with Gasteiger partial charge in [-0.05, 0) is 54.0 Å². The van der Waals surface area contributed by atoms with E-state index < -0.39 is 10.0 Å². The van der Waals surface area contributed by atoms with Gasteiger partial charge in [0.05, 0.1) is 4.90 Å². The molecular formula is C13H19BrN2O2S. The summed E-state index contributed by atoms with van der Waals surface area (Å²) >= 11 is 3.44. The molecule has 0 spiro atoms. The lowest BCUT2D eigenvalue weighted by Crippen LogP contribution is -2.22. The van der Waals surface area contributed by atoms with E-state index in [1.807, 2.05) is 6.07 Å². The molecule has 2 N–H and O–H groups in total. The fourth-order valence-corrected chi connectivity index (χ4v) is 3.77. The van der Waals surface area contributed by atoms with Gasteiger partial charge in [-0.3, -0.25) is 0 Å². The van der Waals surface area contributed by atoms with Gasteiger partial charge in [0.2, 0.25) is 10.0 Å². The van der Waals surface area contributed by atoms with Crippen LogP contribution >= 0.6 is 15.9 Å². The molecule has 1 fully saturated rings. The van der Waals surface area contributed by atoms with Gasteiger partial charge in [0.1, 0.15) is 0 Å². The molecule has 2 rings (SSSR count). The largest absolute Gasteiger partial charge is 0.381 e. The Kier molecular flexibility index (Phi) is 4.86. The summed E-state index contributed by atoms with van der Waals surface area (Å²) in [6, 6.07) is 5.58. The highest BCUT2D eigenvalue weighted by atomic mass is 79.9. The van der Waals surface area contributed by atoms with Gasteiger partial charge < -0.3 is 5.32 Å². The molecule has 19 heavy (non-hydrogen) atoms. The Bertz CT molecular complexity index is 540. The summed E-state index contributed by atoms with van der Waals surface area (Å²) in [5.41, 5.74) is 0.960. The first-order valence-corrected chi connectivity index (χ1v) is 8.80. The average molecular weight is 347 g/mol. The van der Waals surface area contributed by atoms with Gasteiger partial charge in [-0.15, -0.1) is 0 Å². The van der Waals surface area contributed by atoms with Gasteiger partial charge in [-0.25, -0.2) is 13.1 Å². The molecule has 0 heterocycles. The maximum Gasteiger partial charge on any atom is 0.240 e. The van der Waals surface area contributed by atoms with Crippen molar-refractivity contribution in [2.75, 3.05) is 12.4 Å². The second-order valence-corrected chi connectivity index (χ2v) is 7.57. The average Bonchev–Trinajstić information content (AvgIpc) is 2.42. The van der Waals surface area contributed by atoms with Crippen molar-refractivity contribution >= 4 is 31.6 Å². The minimum Gasteiger partial charge on any atom is -0.381 e. The van der Waals surface area contributed by atoms with E-state index in [2.05, 4.69) is 26.0 Å². The Morgan fingerprint density at radius 2 is 1.89 bits per heavy atom. The summed E-state index contributed by atoms with van der Waals surface area (Å²) < 4.78 is 26.5. The van der Waals surface area contributed by atoms with E-state index in [9.17, 15) is 8.42 Å². The number of hydrogen-bond acceptors (Lipinski definition) is 3. The predicted molar refractivity (Wildman–Crippen MR) is 80.9 cm³/mol. The normalized spacial score (nSPS) is 17.4. The molecule has 6 heteroatoms. The van der Waals surface area contributed by atoms with Gasteiger partial charge in [0, 0.05) is 16.2 Å². The number of halogens is 1. The van der Waals surface area contributed by atoms with Crippen molar-refractivity contribution in [1.29, 1.82) is 0 Å². The van der Waals surface area contributed by atoms with E-state index in [0.717, 1.165) is 10.2 Å². The molecule has 1 aliphatic carbocycles. The zero-order valence-electron chi connectivity index (χ0n) is 10.9. The summed E-state index contributed by atoms with van der Waals surface area (Å²) in [6.45, 7) is 0. The van der Waals surface area contributed by atoms with Gasteiger partial charge in [0.15, 0.2) is 0 Å². The van der Waals surface area contributed by atoms with Crippen molar-refractivity contribution in [3.63, 3.8) is 0 Å². The third-order valence-electron chi connectivity index (χ3n) is 3.48. The molecule has 0 atom stereocenters. The zero-order valence-corrected chi connectivity index (χ0v) is 13.4. The van der Waals surface area contributed by atoms with Crippen LogP contribution in [0.25, 0.3) is 0 Å². The van der Waals surface area contributed by atoms with Crippen LogP contribution in [0.3, 0.4) is 0 Å². The smallest absolute Gasteiger partial charge is 0.240 e. The van der Waals surface area contributed by atoms with Crippen LogP contribution in [0.15, 0.2) is 27.6 Å². The highest BCUT2D eigenvalue weighted by Crippen LogP contribution is 2.29. The van der Waals surface area contributed by atoms with Crippen LogP contribution in [0.5, 0.6) is 0 Å². The van der Waals surface area contributed by atoms with Crippen LogP contribution < -0.4 is 10.0 Å². The molecule has 0 amide bonds. The SMILES string of the molecule is CNS(=O)(=O)c1ccc(NC2CCCCC2)c(Br)c1. The van der Waals surface area contributed by atoms with Crippen LogP contribution in [0.1, 0.15) is 32.1 Å². The monoisotopic (exact) mass is 346 g/mol. The quantitative estimate of drug-likeness (QED) is 0.880. The number of benzene rings is 1. The third kappa shape index (κ3) is 3.70. The molecule has 0 saturated heterocycles. The summed E-state index contributed by atoms with van der Waals surface area (Å²) in [4.78, 5) is 0.274. The van der Waals surface area contributed by atoms with Gasteiger partial charge in [-0.1, -0.05) is 19.3 Å². The minimum atomic E-state index is -3.38. The Hall–Kier alpha value is -0.590. The molecule has 106 valence electrons. The number of rotatable bonds is 4. The van der Waals surface area contributed by atoms with Crippen molar-refractivity contribution in [3.05, 3.63) is 22.7 Å². The van der Waals surface area contributed by atoms with Crippen LogP contribution in [0.4, 0.5) is 5.69 Å². The Morgan fingerprint density at radius 1 is 1.21 bits per heavy atom. The Labute approximate surface area is 123 Å². The number of nitrogens with one attached hydrogen (secondary N) is 2. The Morgan fingerprint density at radius 3 is 2.47 bits per heavy atom. The number of hydrogen-bond donors (Lipinski definition) is 2. The number of anilines is 1. The molecular weight excluding hydrogens is 328 g/mol. The van der Waals surface area contributed by atoms with Gasteiger partial charge >= 0.3 is 0 Å². The van der Waals surface area contributed by atoms with Crippen molar-refractivity contribution in [2.24, 2.45) is 0 Å².